The maximum atomic E-state index is 6.06. The highest BCUT2D eigenvalue weighted by Gasteiger charge is 2.12. The lowest BCUT2D eigenvalue weighted by molar-refractivity contribution is 0.544. The Bertz CT molecular complexity index is 820. The Labute approximate surface area is 168 Å². The molecule has 0 fully saturated rings. The maximum Gasteiger partial charge on any atom is 0.141 e. The van der Waals surface area contributed by atoms with Crippen LogP contribution in [0.4, 0.5) is 0 Å². The third-order valence-corrected chi connectivity index (χ3v) is 5.49. The van der Waals surface area contributed by atoms with Crippen LogP contribution in [-0.2, 0) is 6.54 Å². The second-order valence-electron chi connectivity index (χ2n) is 7.41. The standard InChI is InChI=1S/C24H31ClN2/c1-2-3-4-5-6-7-8-9-12-19-27-23-14-11-10-13-22(23)26-24(27)20-15-17-21(25)18-16-20/h10-11,13-18H,2-9,12,19H2,1H3. The number of aromatic nitrogens is 2. The third-order valence-electron chi connectivity index (χ3n) is 5.24. The van der Waals surface area contributed by atoms with E-state index < -0.39 is 0 Å². The van der Waals surface area contributed by atoms with Gasteiger partial charge in [-0.05, 0) is 42.8 Å². The van der Waals surface area contributed by atoms with Gasteiger partial charge >= 0.3 is 0 Å². The fourth-order valence-electron chi connectivity index (χ4n) is 3.70. The average molecular weight is 383 g/mol. The zero-order chi connectivity index (χ0) is 18.9. The van der Waals surface area contributed by atoms with Gasteiger partial charge in [0.25, 0.3) is 0 Å². The van der Waals surface area contributed by atoms with Crippen molar-refractivity contribution in [3.05, 3.63) is 53.6 Å². The van der Waals surface area contributed by atoms with Crippen molar-refractivity contribution in [2.75, 3.05) is 0 Å². The summed E-state index contributed by atoms with van der Waals surface area (Å²) in [5.41, 5.74) is 3.42. The maximum absolute atomic E-state index is 6.06. The smallest absolute Gasteiger partial charge is 0.141 e. The van der Waals surface area contributed by atoms with Crippen molar-refractivity contribution in [2.45, 2.75) is 71.3 Å². The molecule has 2 aromatic carbocycles. The number of fused-ring (bicyclic) bond motifs is 1. The van der Waals surface area contributed by atoms with Crippen LogP contribution in [0.5, 0.6) is 0 Å². The van der Waals surface area contributed by atoms with Crippen LogP contribution in [0.3, 0.4) is 0 Å². The molecule has 144 valence electrons. The zero-order valence-electron chi connectivity index (χ0n) is 16.5. The van der Waals surface area contributed by atoms with E-state index in [1.165, 1.54) is 63.3 Å². The first-order valence-electron chi connectivity index (χ1n) is 10.5. The lowest BCUT2D eigenvalue weighted by atomic mass is 10.1. The molecule has 1 heterocycles. The molecular weight excluding hydrogens is 352 g/mol. The molecule has 2 nitrogen and oxygen atoms in total. The average Bonchev–Trinajstić information content (AvgIpc) is 3.06. The molecule has 0 saturated heterocycles. The summed E-state index contributed by atoms with van der Waals surface area (Å²) in [6, 6.07) is 16.5. The quantitative estimate of drug-likeness (QED) is 0.308. The fraction of sp³-hybridized carbons (Fsp3) is 0.458. The summed E-state index contributed by atoms with van der Waals surface area (Å²) >= 11 is 6.06. The van der Waals surface area contributed by atoms with Crippen molar-refractivity contribution >= 4 is 22.6 Å². The SMILES string of the molecule is CCCCCCCCCCCn1c(-c2ccc(Cl)cc2)nc2ccccc21. The van der Waals surface area contributed by atoms with E-state index in [2.05, 4.69) is 47.9 Å². The topological polar surface area (TPSA) is 17.8 Å². The lowest BCUT2D eigenvalue weighted by Gasteiger charge is -2.10. The van der Waals surface area contributed by atoms with Crippen LogP contribution in [-0.4, -0.2) is 9.55 Å². The number of rotatable bonds is 11. The molecule has 0 aliphatic carbocycles. The highest BCUT2D eigenvalue weighted by atomic mass is 35.5. The molecule has 0 aliphatic heterocycles. The van der Waals surface area contributed by atoms with Crippen LogP contribution in [0.15, 0.2) is 48.5 Å². The number of para-hydroxylation sites is 2. The molecule has 3 rings (SSSR count). The van der Waals surface area contributed by atoms with Gasteiger partial charge in [0.15, 0.2) is 0 Å². The van der Waals surface area contributed by atoms with E-state index in [0.29, 0.717) is 0 Å². The molecule has 0 aliphatic rings. The summed E-state index contributed by atoms with van der Waals surface area (Å²) in [6.07, 6.45) is 12.1. The summed E-state index contributed by atoms with van der Waals surface area (Å²) in [4.78, 5) is 4.89. The minimum Gasteiger partial charge on any atom is -0.324 e. The Kier molecular flexibility index (Phi) is 7.77. The zero-order valence-corrected chi connectivity index (χ0v) is 17.2. The van der Waals surface area contributed by atoms with Gasteiger partial charge in [-0.3, -0.25) is 0 Å². The lowest BCUT2D eigenvalue weighted by Crippen LogP contribution is -2.01. The minimum atomic E-state index is 0.764. The normalized spacial score (nSPS) is 11.3. The molecular formula is C24H31ClN2. The van der Waals surface area contributed by atoms with Gasteiger partial charge in [0, 0.05) is 17.1 Å². The van der Waals surface area contributed by atoms with Crippen LogP contribution >= 0.6 is 11.6 Å². The van der Waals surface area contributed by atoms with Gasteiger partial charge in [0.1, 0.15) is 5.82 Å². The van der Waals surface area contributed by atoms with E-state index in [1.54, 1.807) is 0 Å². The second-order valence-corrected chi connectivity index (χ2v) is 7.85. The first kappa shape index (κ1) is 19.9. The summed E-state index contributed by atoms with van der Waals surface area (Å²) in [5.74, 6) is 1.05. The van der Waals surface area contributed by atoms with Gasteiger partial charge in [-0.25, -0.2) is 4.98 Å². The van der Waals surface area contributed by atoms with Gasteiger partial charge in [0.2, 0.25) is 0 Å². The van der Waals surface area contributed by atoms with Crippen LogP contribution in [0.25, 0.3) is 22.4 Å². The van der Waals surface area contributed by atoms with Crippen molar-refractivity contribution in [1.29, 1.82) is 0 Å². The molecule has 3 heteroatoms. The highest BCUT2D eigenvalue weighted by Crippen LogP contribution is 2.26. The minimum absolute atomic E-state index is 0.764. The Morgan fingerprint density at radius 3 is 2.11 bits per heavy atom. The van der Waals surface area contributed by atoms with E-state index in [0.717, 1.165) is 28.5 Å². The molecule has 1 aromatic heterocycles. The van der Waals surface area contributed by atoms with Crippen molar-refractivity contribution in [3.63, 3.8) is 0 Å². The summed E-state index contributed by atoms with van der Waals surface area (Å²) in [6.45, 7) is 3.30. The predicted octanol–water partition coefficient (Wildman–Crippen LogP) is 7.89. The van der Waals surface area contributed by atoms with Gasteiger partial charge in [-0.1, -0.05) is 82.0 Å². The number of unbranched alkanes of at least 4 members (excludes halogenated alkanes) is 8. The van der Waals surface area contributed by atoms with Gasteiger partial charge in [-0.15, -0.1) is 0 Å². The number of hydrogen-bond donors (Lipinski definition) is 0. The molecule has 0 radical (unpaired) electrons. The largest absolute Gasteiger partial charge is 0.324 e. The van der Waals surface area contributed by atoms with Gasteiger partial charge in [0.05, 0.1) is 11.0 Å². The molecule has 0 atom stereocenters. The van der Waals surface area contributed by atoms with Crippen LogP contribution < -0.4 is 0 Å². The predicted molar refractivity (Wildman–Crippen MR) is 117 cm³/mol. The monoisotopic (exact) mass is 382 g/mol. The number of halogens is 1. The first-order chi connectivity index (χ1) is 13.3. The molecule has 3 aromatic rings. The number of benzene rings is 2. The van der Waals surface area contributed by atoms with Crippen LogP contribution in [0.2, 0.25) is 5.02 Å². The van der Waals surface area contributed by atoms with Gasteiger partial charge in [-0.2, -0.15) is 0 Å². The van der Waals surface area contributed by atoms with Crippen molar-refractivity contribution < 1.29 is 0 Å². The first-order valence-corrected chi connectivity index (χ1v) is 10.9. The summed E-state index contributed by atoms with van der Waals surface area (Å²) in [5, 5.41) is 0.764. The molecule has 27 heavy (non-hydrogen) atoms. The van der Waals surface area contributed by atoms with E-state index in [-0.39, 0.29) is 0 Å². The Morgan fingerprint density at radius 2 is 1.41 bits per heavy atom. The fourth-order valence-corrected chi connectivity index (χ4v) is 3.83. The number of nitrogens with zero attached hydrogens (tertiary/aromatic N) is 2. The molecule has 0 amide bonds. The van der Waals surface area contributed by atoms with Crippen LogP contribution in [0.1, 0.15) is 64.7 Å². The Morgan fingerprint density at radius 1 is 0.778 bits per heavy atom. The molecule has 0 bridgehead atoms. The molecule has 0 saturated carbocycles. The highest BCUT2D eigenvalue weighted by molar-refractivity contribution is 6.30. The second kappa shape index (κ2) is 10.5. The van der Waals surface area contributed by atoms with Crippen molar-refractivity contribution in [1.82, 2.24) is 9.55 Å². The Hall–Kier alpha value is -1.80. The molecule has 0 spiro atoms. The number of hydrogen-bond acceptors (Lipinski definition) is 1. The third kappa shape index (κ3) is 5.59. The van der Waals surface area contributed by atoms with Crippen LogP contribution in [0, 0.1) is 0 Å². The summed E-state index contributed by atoms with van der Waals surface area (Å²) in [7, 11) is 0. The Balaban J connectivity index is 1.60. The van der Waals surface area contributed by atoms with Crippen molar-refractivity contribution in [2.24, 2.45) is 0 Å². The molecule has 0 N–H and O–H groups in total. The summed E-state index contributed by atoms with van der Waals surface area (Å²) < 4.78 is 2.37. The van der Waals surface area contributed by atoms with E-state index in [9.17, 15) is 0 Å². The number of aryl methyl sites for hydroxylation is 1. The van der Waals surface area contributed by atoms with E-state index >= 15 is 0 Å². The van der Waals surface area contributed by atoms with Crippen molar-refractivity contribution in [3.8, 4) is 11.4 Å². The van der Waals surface area contributed by atoms with Gasteiger partial charge < -0.3 is 4.57 Å². The van der Waals surface area contributed by atoms with E-state index in [1.807, 2.05) is 12.1 Å². The number of imidazole rings is 1. The van der Waals surface area contributed by atoms with E-state index in [4.69, 9.17) is 16.6 Å². The molecule has 0 unspecified atom stereocenters.